The van der Waals surface area contributed by atoms with Crippen molar-refractivity contribution in [2.24, 2.45) is 0 Å². The molecule has 2 aromatic carbocycles. The van der Waals surface area contributed by atoms with Crippen molar-refractivity contribution in [3.63, 3.8) is 0 Å². The molecule has 5 nitrogen and oxygen atoms in total. The number of hydrogen-bond acceptors (Lipinski definition) is 6. The number of thiophene rings is 1. The summed E-state index contributed by atoms with van der Waals surface area (Å²) in [5.41, 5.74) is 1.57. The Kier molecular flexibility index (Phi) is 4.98. The Labute approximate surface area is 179 Å². The average Bonchev–Trinajstić information content (AvgIpc) is 3.44. The summed E-state index contributed by atoms with van der Waals surface area (Å²) >= 11 is 1.81. The van der Waals surface area contributed by atoms with Gasteiger partial charge in [-0.15, -0.1) is 11.3 Å². The van der Waals surface area contributed by atoms with Crippen molar-refractivity contribution >= 4 is 21.4 Å². The number of ether oxygens (including phenoxy) is 2. The topological polar surface area (TPSA) is 79.2 Å². The first-order chi connectivity index (χ1) is 14.5. The molecule has 0 spiro atoms. The molecule has 0 bridgehead atoms. The third kappa shape index (κ3) is 3.28. The first-order valence-corrected chi connectivity index (χ1v) is 11.2. The molecule has 2 aliphatic rings. The first-order valence-electron chi connectivity index (χ1n) is 10.4. The lowest BCUT2D eigenvalue weighted by molar-refractivity contribution is -0.114. The van der Waals surface area contributed by atoms with Crippen LogP contribution in [-0.2, 0) is 10.2 Å². The van der Waals surface area contributed by atoms with Crippen molar-refractivity contribution in [1.82, 2.24) is 0 Å². The predicted molar refractivity (Wildman–Crippen MR) is 116 cm³/mol. The van der Waals surface area contributed by atoms with Crippen LogP contribution >= 0.6 is 11.3 Å². The van der Waals surface area contributed by atoms with Gasteiger partial charge in [0.05, 0.1) is 32.0 Å². The van der Waals surface area contributed by atoms with Crippen molar-refractivity contribution in [3.8, 4) is 11.5 Å². The molecule has 1 saturated carbocycles. The molecule has 6 heteroatoms. The van der Waals surface area contributed by atoms with E-state index >= 15 is 0 Å². The summed E-state index contributed by atoms with van der Waals surface area (Å²) in [7, 11) is 1.63. The molecule has 1 aliphatic heterocycles. The van der Waals surface area contributed by atoms with Crippen LogP contribution in [0, 0.1) is 0 Å². The van der Waals surface area contributed by atoms with Crippen LogP contribution in [0.25, 0.3) is 10.1 Å². The van der Waals surface area contributed by atoms with E-state index in [-0.39, 0.29) is 17.8 Å². The van der Waals surface area contributed by atoms with Gasteiger partial charge < -0.3 is 24.8 Å². The van der Waals surface area contributed by atoms with E-state index in [9.17, 15) is 15.3 Å². The van der Waals surface area contributed by atoms with Crippen LogP contribution in [0.2, 0.25) is 0 Å². The SMILES string of the molecule is COc1cc(O)c([C@H]2C[C@@H](O)C[C@@H](CO)O2)cc1C1(c2cc3ccccc3s2)CC1. The molecule has 2 heterocycles. The van der Waals surface area contributed by atoms with Gasteiger partial charge in [-0.3, -0.25) is 0 Å². The smallest absolute Gasteiger partial charge is 0.126 e. The third-order valence-corrected chi connectivity index (χ3v) is 7.76. The number of fused-ring (bicyclic) bond motifs is 1. The van der Waals surface area contributed by atoms with Crippen LogP contribution < -0.4 is 4.74 Å². The van der Waals surface area contributed by atoms with Gasteiger partial charge in [-0.2, -0.15) is 0 Å². The highest BCUT2D eigenvalue weighted by Crippen LogP contribution is 2.59. The largest absolute Gasteiger partial charge is 0.507 e. The Hall–Kier alpha value is -2.12. The maximum absolute atomic E-state index is 10.7. The number of aromatic hydroxyl groups is 1. The van der Waals surface area contributed by atoms with Gasteiger partial charge >= 0.3 is 0 Å². The Morgan fingerprint density at radius 1 is 1.17 bits per heavy atom. The molecular weight excluding hydrogens is 400 g/mol. The summed E-state index contributed by atoms with van der Waals surface area (Å²) in [6.07, 6.45) is 1.38. The lowest BCUT2D eigenvalue weighted by atomic mass is 9.88. The molecule has 3 aromatic rings. The molecule has 30 heavy (non-hydrogen) atoms. The number of aliphatic hydroxyl groups excluding tert-OH is 2. The van der Waals surface area contributed by atoms with Crippen LogP contribution in [0.3, 0.4) is 0 Å². The van der Waals surface area contributed by atoms with Crippen LogP contribution in [0.4, 0.5) is 0 Å². The lowest BCUT2D eigenvalue weighted by Crippen LogP contribution is -2.33. The Balaban J connectivity index is 1.58. The van der Waals surface area contributed by atoms with Gasteiger partial charge in [0, 0.05) is 45.0 Å². The van der Waals surface area contributed by atoms with E-state index in [1.807, 2.05) is 17.4 Å². The zero-order valence-electron chi connectivity index (χ0n) is 16.9. The second-order valence-electron chi connectivity index (χ2n) is 8.40. The summed E-state index contributed by atoms with van der Waals surface area (Å²) in [6, 6.07) is 14.3. The minimum atomic E-state index is -0.566. The molecule has 2 fully saturated rings. The summed E-state index contributed by atoms with van der Waals surface area (Å²) < 4.78 is 12.9. The number of phenolic OH excluding ortho intramolecular Hbond substituents is 1. The molecule has 1 aromatic heterocycles. The zero-order valence-corrected chi connectivity index (χ0v) is 17.7. The normalized spacial score (nSPS) is 25.4. The molecule has 0 unspecified atom stereocenters. The molecule has 3 N–H and O–H groups in total. The molecule has 1 aliphatic carbocycles. The van der Waals surface area contributed by atoms with E-state index in [4.69, 9.17) is 9.47 Å². The number of phenols is 1. The number of aliphatic hydroxyl groups is 2. The van der Waals surface area contributed by atoms with Gasteiger partial charge in [0.15, 0.2) is 0 Å². The number of hydrogen-bond donors (Lipinski definition) is 3. The first kappa shape index (κ1) is 19.8. The van der Waals surface area contributed by atoms with Crippen LogP contribution in [0.5, 0.6) is 11.5 Å². The maximum atomic E-state index is 10.7. The van der Waals surface area contributed by atoms with Crippen molar-refractivity contribution in [3.05, 3.63) is 58.5 Å². The van der Waals surface area contributed by atoms with Gasteiger partial charge in [-0.05, 0) is 36.4 Å². The molecule has 1 saturated heterocycles. The zero-order chi connectivity index (χ0) is 20.9. The number of rotatable bonds is 5. The summed E-state index contributed by atoms with van der Waals surface area (Å²) in [6.45, 7) is -0.150. The number of methoxy groups -OCH3 is 1. The predicted octanol–water partition coefficient (Wildman–Crippen LogP) is 4.27. The van der Waals surface area contributed by atoms with E-state index in [1.54, 1.807) is 13.2 Å². The molecule has 0 radical (unpaired) electrons. The monoisotopic (exact) mass is 426 g/mol. The van der Waals surface area contributed by atoms with E-state index in [0.29, 0.717) is 24.2 Å². The van der Waals surface area contributed by atoms with Gasteiger partial charge in [-0.25, -0.2) is 0 Å². The second-order valence-corrected chi connectivity index (χ2v) is 9.48. The molecular formula is C24H26O5S. The van der Waals surface area contributed by atoms with Crippen molar-refractivity contribution in [2.45, 2.75) is 49.4 Å². The highest BCUT2D eigenvalue weighted by Gasteiger charge is 2.49. The summed E-state index contributed by atoms with van der Waals surface area (Å²) in [5, 5.41) is 31.7. The lowest BCUT2D eigenvalue weighted by Gasteiger charge is -2.33. The van der Waals surface area contributed by atoms with E-state index in [0.717, 1.165) is 18.4 Å². The summed E-state index contributed by atoms with van der Waals surface area (Å²) in [5.74, 6) is 0.764. The second kappa shape index (κ2) is 7.54. The fourth-order valence-corrected chi connectivity index (χ4v) is 6.01. The van der Waals surface area contributed by atoms with Crippen LogP contribution in [0.15, 0.2) is 42.5 Å². The van der Waals surface area contributed by atoms with Gasteiger partial charge in [0.2, 0.25) is 0 Å². The molecule has 5 rings (SSSR count). The minimum absolute atomic E-state index is 0.0959. The average molecular weight is 427 g/mol. The molecule has 3 atom stereocenters. The van der Waals surface area contributed by atoms with E-state index < -0.39 is 18.3 Å². The molecule has 158 valence electrons. The van der Waals surface area contributed by atoms with Gasteiger partial charge in [0.25, 0.3) is 0 Å². The maximum Gasteiger partial charge on any atom is 0.126 e. The van der Waals surface area contributed by atoms with Crippen molar-refractivity contribution in [1.29, 1.82) is 0 Å². The quantitative estimate of drug-likeness (QED) is 0.568. The Morgan fingerprint density at radius 2 is 1.97 bits per heavy atom. The highest BCUT2D eigenvalue weighted by atomic mass is 32.1. The fourth-order valence-electron chi connectivity index (χ4n) is 4.69. The number of benzene rings is 2. The van der Waals surface area contributed by atoms with Crippen molar-refractivity contribution in [2.75, 3.05) is 13.7 Å². The highest BCUT2D eigenvalue weighted by molar-refractivity contribution is 7.19. The third-order valence-electron chi connectivity index (χ3n) is 6.44. The Morgan fingerprint density at radius 3 is 2.67 bits per heavy atom. The van der Waals surface area contributed by atoms with Gasteiger partial charge in [0.1, 0.15) is 11.5 Å². The Bertz CT molecular complexity index is 1040. The summed E-state index contributed by atoms with van der Waals surface area (Å²) in [4.78, 5) is 1.30. The standard InChI is InChI=1S/C24H26O5S/c1-28-21-12-19(27)17(20-10-15(26)9-16(13-25)29-20)11-18(21)24(6-7-24)23-8-14-4-2-3-5-22(14)30-23/h2-5,8,11-12,15-16,20,25-27H,6-7,9-10,13H2,1H3/t15-,16-,20+/m0/s1. The molecule has 0 amide bonds. The van der Waals surface area contributed by atoms with Crippen molar-refractivity contribution < 1.29 is 24.8 Å². The van der Waals surface area contributed by atoms with Gasteiger partial charge in [-0.1, -0.05) is 18.2 Å². The van der Waals surface area contributed by atoms with Crippen LogP contribution in [-0.4, -0.2) is 41.2 Å². The van der Waals surface area contributed by atoms with E-state index in [2.05, 4.69) is 30.3 Å². The fraction of sp³-hybridized carbons (Fsp3) is 0.417. The minimum Gasteiger partial charge on any atom is -0.507 e. The van der Waals surface area contributed by atoms with Crippen LogP contribution in [0.1, 0.15) is 47.8 Å². The van der Waals surface area contributed by atoms with E-state index in [1.165, 1.54) is 15.0 Å².